The van der Waals surface area contributed by atoms with Gasteiger partial charge in [0, 0.05) is 25.2 Å². The van der Waals surface area contributed by atoms with E-state index in [1.165, 1.54) is 32.1 Å². The number of nitrogens with two attached hydrogens (primary N) is 1. The summed E-state index contributed by atoms with van der Waals surface area (Å²) < 4.78 is 5.45. The van der Waals surface area contributed by atoms with E-state index in [-0.39, 0.29) is 5.54 Å². The van der Waals surface area contributed by atoms with Crippen molar-refractivity contribution in [3.05, 3.63) is 0 Å². The molecule has 2 unspecified atom stereocenters. The average molecular weight is 226 g/mol. The van der Waals surface area contributed by atoms with Crippen LogP contribution < -0.4 is 5.73 Å². The average Bonchev–Trinajstić information content (AvgIpc) is 2.53. The van der Waals surface area contributed by atoms with Gasteiger partial charge in [-0.1, -0.05) is 19.8 Å². The molecule has 1 aliphatic carbocycles. The second-order valence-electron chi connectivity index (χ2n) is 5.56. The molecule has 0 bridgehead atoms. The first kappa shape index (κ1) is 12.3. The van der Waals surface area contributed by atoms with Crippen LogP contribution in [0.4, 0.5) is 0 Å². The van der Waals surface area contributed by atoms with E-state index >= 15 is 0 Å². The van der Waals surface area contributed by atoms with E-state index in [4.69, 9.17) is 10.5 Å². The summed E-state index contributed by atoms with van der Waals surface area (Å²) >= 11 is 0. The predicted octanol–water partition coefficient (Wildman–Crippen LogP) is 1.62. The second-order valence-corrected chi connectivity index (χ2v) is 5.56. The molecule has 1 aliphatic heterocycles. The van der Waals surface area contributed by atoms with Crippen LogP contribution in [0.2, 0.25) is 0 Å². The van der Waals surface area contributed by atoms with Gasteiger partial charge in [-0.25, -0.2) is 0 Å². The van der Waals surface area contributed by atoms with Crippen LogP contribution in [-0.4, -0.2) is 43.3 Å². The minimum absolute atomic E-state index is 0.286. The molecule has 3 heteroatoms. The Hall–Kier alpha value is -0.120. The van der Waals surface area contributed by atoms with Gasteiger partial charge in [-0.05, 0) is 25.2 Å². The summed E-state index contributed by atoms with van der Waals surface area (Å²) in [6, 6.07) is 0. The molecule has 2 aliphatic rings. The Labute approximate surface area is 99.3 Å². The van der Waals surface area contributed by atoms with Gasteiger partial charge in [0.1, 0.15) is 0 Å². The molecule has 0 aromatic rings. The molecule has 2 rings (SSSR count). The van der Waals surface area contributed by atoms with Crippen LogP contribution in [-0.2, 0) is 4.74 Å². The van der Waals surface area contributed by atoms with Crippen molar-refractivity contribution >= 4 is 0 Å². The smallest absolute Gasteiger partial charge is 0.0594 e. The van der Waals surface area contributed by atoms with Gasteiger partial charge >= 0.3 is 0 Å². The molecule has 2 fully saturated rings. The first-order chi connectivity index (χ1) is 7.77. The van der Waals surface area contributed by atoms with E-state index in [0.717, 1.165) is 38.8 Å². The Bertz CT molecular complexity index is 216. The van der Waals surface area contributed by atoms with Crippen LogP contribution in [0.15, 0.2) is 0 Å². The van der Waals surface area contributed by atoms with Crippen LogP contribution in [0.25, 0.3) is 0 Å². The van der Waals surface area contributed by atoms with Gasteiger partial charge in [0.15, 0.2) is 0 Å². The summed E-state index contributed by atoms with van der Waals surface area (Å²) in [6.07, 6.45) is 6.63. The molecule has 3 nitrogen and oxygen atoms in total. The highest BCUT2D eigenvalue weighted by Gasteiger charge is 2.37. The van der Waals surface area contributed by atoms with E-state index in [1.54, 1.807) is 0 Å². The maximum atomic E-state index is 6.10. The zero-order chi connectivity index (χ0) is 11.4. The number of rotatable bonds is 2. The van der Waals surface area contributed by atoms with Gasteiger partial charge in [0.25, 0.3) is 0 Å². The van der Waals surface area contributed by atoms with E-state index in [1.807, 2.05) is 0 Å². The third-order valence-corrected chi connectivity index (χ3v) is 4.50. The quantitative estimate of drug-likeness (QED) is 0.727. The Morgan fingerprint density at radius 2 is 2.00 bits per heavy atom. The summed E-state index contributed by atoms with van der Waals surface area (Å²) in [5.41, 5.74) is 6.39. The number of nitrogens with zero attached hydrogens (tertiary/aromatic N) is 1. The molecule has 1 saturated heterocycles. The van der Waals surface area contributed by atoms with Crippen molar-refractivity contribution in [2.75, 3.05) is 32.8 Å². The first-order valence-electron chi connectivity index (χ1n) is 6.80. The third kappa shape index (κ3) is 2.58. The SMILES string of the molecule is CC1CCCC(CN)(N2CCOCC2)CC1. The summed E-state index contributed by atoms with van der Waals surface area (Å²) in [6.45, 7) is 7.12. The van der Waals surface area contributed by atoms with Crippen molar-refractivity contribution in [3.8, 4) is 0 Å². The highest BCUT2D eigenvalue weighted by molar-refractivity contribution is 4.94. The van der Waals surface area contributed by atoms with Crippen molar-refractivity contribution in [3.63, 3.8) is 0 Å². The van der Waals surface area contributed by atoms with Gasteiger partial charge in [-0.2, -0.15) is 0 Å². The Morgan fingerprint density at radius 1 is 1.25 bits per heavy atom. The van der Waals surface area contributed by atoms with Gasteiger partial charge in [-0.3, -0.25) is 4.90 Å². The zero-order valence-electron chi connectivity index (χ0n) is 10.6. The lowest BCUT2D eigenvalue weighted by atomic mass is 9.87. The van der Waals surface area contributed by atoms with Gasteiger partial charge in [0.2, 0.25) is 0 Å². The Balaban J connectivity index is 2.04. The fourth-order valence-corrected chi connectivity index (χ4v) is 3.25. The van der Waals surface area contributed by atoms with Crippen molar-refractivity contribution in [2.24, 2.45) is 11.7 Å². The van der Waals surface area contributed by atoms with Crippen LogP contribution in [0.3, 0.4) is 0 Å². The molecule has 0 aromatic heterocycles. The molecular weight excluding hydrogens is 200 g/mol. The van der Waals surface area contributed by atoms with E-state index < -0.39 is 0 Å². The van der Waals surface area contributed by atoms with Crippen molar-refractivity contribution in [1.29, 1.82) is 0 Å². The minimum atomic E-state index is 0.286. The largest absolute Gasteiger partial charge is 0.379 e. The summed E-state index contributed by atoms with van der Waals surface area (Å²) in [7, 11) is 0. The first-order valence-corrected chi connectivity index (χ1v) is 6.80. The normalized spacial score (nSPS) is 38.2. The maximum Gasteiger partial charge on any atom is 0.0594 e. The van der Waals surface area contributed by atoms with Crippen LogP contribution >= 0.6 is 0 Å². The highest BCUT2D eigenvalue weighted by atomic mass is 16.5. The maximum absolute atomic E-state index is 6.10. The van der Waals surface area contributed by atoms with E-state index in [0.29, 0.717) is 0 Å². The lowest BCUT2D eigenvalue weighted by Gasteiger charge is -2.45. The molecule has 0 aromatic carbocycles. The van der Waals surface area contributed by atoms with Gasteiger partial charge in [0.05, 0.1) is 13.2 Å². The van der Waals surface area contributed by atoms with E-state index in [9.17, 15) is 0 Å². The number of hydrogen-bond donors (Lipinski definition) is 1. The summed E-state index contributed by atoms with van der Waals surface area (Å²) in [5, 5.41) is 0. The lowest BCUT2D eigenvalue weighted by Crippen LogP contribution is -2.57. The Kier molecular flexibility index (Phi) is 4.22. The number of morpholine rings is 1. The molecule has 1 heterocycles. The van der Waals surface area contributed by atoms with Crippen molar-refractivity contribution in [2.45, 2.75) is 44.6 Å². The molecule has 0 spiro atoms. The molecule has 0 amide bonds. The molecule has 94 valence electrons. The molecule has 0 radical (unpaired) electrons. The highest BCUT2D eigenvalue weighted by Crippen LogP contribution is 2.34. The predicted molar refractivity (Wildman–Crippen MR) is 66.4 cm³/mol. The fraction of sp³-hybridized carbons (Fsp3) is 1.00. The van der Waals surface area contributed by atoms with Gasteiger partial charge < -0.3 is 10.5 Å². The second kappa shape index (κ2) is 5.48. The van der Waals surface area contributed by atoms with Crippen molar-refractivity contribution < 1.29 is 4.74 Å². The number of ether oxygens (including phenoxy) is 1. The molecule has 2 N–H and O–H groups in total. The van der Waals surface area contributed by atoms with E-state index in [2.05, 4.69) is 11.8 Å². The van der Waals surface area contributed by atoms with Crippen LogP contribution in [0.5, 0.6) is 0 Å². The topological polar surface area (TPSA) is 38.5 Å². The monoisotopic (exact) mass is 226 g/mol. The standard InChI is InChI=1S/C13H26N2O/c1-12-3-2-5-13(11-14,6-4-12)15-7-9-16-10-8-15/h12H,2-11,14H2,1H3. The van der Waals surface area contributed by atoms with Gasteiger partial charge in [-0.15, -0.1) is 0 Å². The molecule has 16 heavy (non-hydrogen) atoms. The molecule has 2 atom stereocenters. The van der Waals surface area contributed by atoms with Crippen molar-refractivity contribution in [1.82, 2.24) is 4.90 Å². The van der Waals surface area contributed by atoms with Crippen LogP contribution in [0, 0.1) is 5.92 Å². The lowest BCUT2D eigenvalue weighted by molar-refractivity contribution is -0.0258. The minimum Gasteiger partial charge on any atom is -0.379 e. The Morgan fingerprint density at radius 3 is 2.69 bits per heavy atom. The summed E-state index contributed by atoms with van der Waals surface area (Å²) in [4.78, 5) is 2.61. The molecular formula is C13H26N2O. The zero-order valence-corrected chi connectivity index (χ0v) is 10.6. The fourth-order valence-electron chi connectivity index (χ4n) is 3.25. The van der Waals surface area contributed by atoms with Crippen LogP contribution in [0.1, 0.15) is 39.0 Å². The number of hydrogen-bond acceptors (Lipinski definition) is 3. The third-order valence-electron chi connectivity index (χ3n) is 4.50. The summed E-state index contributed by atoms with van der Waals surface area (Å²) in [5.74, 6) is 0.884. The molecule has 1 saturated carbocycles.